The van der Waals surface area contributed by atoms with Gasteiger partial charge in [-0.15, -0.1) is 0 Å². The Labute approximate surface area is 98.0 Å². The highest BCUT2D eigenvalue weighted by Crippen LogP contribution is 2.42. The van der Waals surface area contributed by atoms with Crippen LogP contribution in [0.2, 0.25) is 0 Å². The summed E-state index contributed by atoms with van der Waals surface area (Å²) in [6.07, 6.45) is 8.13. The maximum atomic E-state index is 6.02. The van der Waals surface area contributed by atoms with Crippen molar-refractivity contribution in [2.24, 2.45) is 5.73 Å². The molecule has 0 fully saturated rings. The van der Waals surface area contributed by atoms with Gasteiger partial charge in [-0.05, 0) is 73.6 Å². The maximum Gasteiger partial charge on any atom is 0.0266 e. The summed E-state index contributed by atoms with van der Waals surface area (Å²) in [6, 6.07) is 4.94. The second kappa shape index (κ2) is 3.89. The monoisotopic (exact) mass is 215 g/mol. The van der Waals surface area contributed by atoms with Gasteiger partial charge in [0.05, 0.1) is 0 Å². The number of aryl methyl sites for hydroxylation is 2. The topological polar surface area (TPSA) is 26.0 Å². The molecule has 2 aliphatic rings. The van der Waals surface area contributed by atoms with E-state index in [0.29, 0.717) is 0 Å². The molecule has 0 radical (unpaired) electrons. The standard InChI is InChI=1S/C15H21N/c1-10(16)14-8-12-6-2-4-11-5-3-7-13(9-14)15(11)12/h8-11H,2-7,16H2,1H3. The third kappa shape index (κ3) is 1.58. The van der Waals surface area contributed by atoms with E-state index in [1.807, 2.05) is 0 Å². The van der Waals surface area contributed by atoms with Gasteiger partial charge in [0.25, 0.3) is 0 Å². The molecule has 1 unspecified atom stereocenters. The first kappa shape index (κ1) is 10.3. The SMILES string of the molecule is CC(N)c1cc2c3c(c1)CCCC3CCC2. The predicted octanol–water partition coefficient (Wildman–Crippen LogP) is 3.46. The molecule has 0 bridgehead atoms. The molecular formula is C15H21N. The van der Waals surface area contributed by atoms with Crippen LogP contribution in [0.4, 0.5) is 0 Å². The highest BCUT2D eigenvalue weighted by atomic mass is 14.6. The summed E-state index contributed by atoms with van der Waals surface area (Å²) in [5.41, 5.74) is 12.3. The van der Waals surface area contributed by atoms with Crippen molar-refractivity contribution in [2.75, 3.05) is 0 Å². The summed E-state index contributed by atoms with van der Waals surface area (Å²) in [7, 11) is 0. The third-order valence-electron chi connectivity index (χ3n) is 4.31. The van der Waals surface area contributed by atoms with Gasteiger partial charge in [-0.2, -0.15) is 0 Å². The number of benzene rings is 1. The Morgan fingerprint density at radius 1 is 1.12 bits per heavy atom. The average molecular weight is 215 g/mol. The lowest BCUT2D eigenvalue weighted by Crippen LogP contribution is -2.19. The van der Waals surface area contributed by atoms with Gasteiger partial charge in [-0.25, -0.2) is 0 Å². The van der Waals surface area contributed by atoms with Crippen LogP contribution >= 0.6 is 0 Å². The molecule has 2 aliphatic carbocycles. The predicted molar refractivity (Wildman–Crippen MR) is 67.7 cm³/mol. The molecule has 1 heteroatoms. The summed E-state index contributed by atoms with van der Waals surface area (Å²) in [5, 5.41) is 0. The summed E-state index contributed by atoms with van der Waals surface area (Å²) in [6.45, 7) is 2.09. The highest BCUT2D eigenvalue weighted by molar-refractivity contribution is 5.45. The Kier molecular flexibility index (Phi) is 2.51. The fraction of sp³-hybridized carbons (Fsp3) is 0.600. The van der Waals surface area contributed by atoms with E-state index in [1.165, 1.54) is 44.1 Å². The van der Waals surface area contributed by atoms with Crippen LogP contribution in [-0.2, 0) is 12.8 Å². The second-order valence-electron chi connectivity index (χ2n) is 5.52. The van der Waals surface area contributed by atoms with Crippen molar-refractivity contribution in [3.05, 3.63) is 34.4 Å². The average Bonchev–Trinajstić information content (AvgIpc) is 2.29. The summed E-state index contributed by atoms with van der Waals surface area (Å²) in [4.78, 5) is 0. The molecule has 2 N–H and O–H groups in total. The molecule has 3 rings (SSSR count). The lowest BCUT2D eigenvalue weighted by molar-refractivity contribution is 0.475. The first-order valence-electron chi connectivity index (χ1n) is 6.67. The molecule has 0 heterocycles. The zero-order chi connectivity index (χ0) is 11.1. The first-order chi connectivity index (χ1) is 7.75. The van der Waals surface area contributed by atoms with Crippen molar-refractivity contribution in [2.45, 2.75) is 57.4 Å². The van der Waals surface area contributed by atoms with E-state index in [9.17, 15) is 0 Å². The van der Waals surface area contributed by atoms with Crippen molar-refractivity contribution in [1.29, 1.82) is 0 Å². The molecule has 86 valence electrons. The van der Waals surface area contributed by atoms with Crippen molar-refractivity contribution < 1.29 is 0 Å². The Morgan fingerprint density at radius 3 is 2.19 bits per heavy atom. The fourth-order valence-electron chi connectivity index (χ4n) is 3.52. The molecule has 0 aliphatic heterocycles. The Bertz CT molecular complexity index is 375. The van der Waals surface area contributed by atoms with Crippen molar-refractivity contribution in [3.63, 3.8) is 0 Å². The van der Waals surface area contributed by atoms with Gasteiger partial charge in [0, 0.05) is 6.04 Å². The van der Waals surface area contributed by atoms with Crippen LogP contribution in [0.3, 0.4) is 0 Å². The van der Waals surface area contributed by atoms with E-state index in [0.717, 1.165) is 5.92 Å². The van der Waals surface area contributed by atoms with E-state index in [4.69, 9.17) is 5.73 Å². The fourth-order valence-corrected chi connectivity index (χ4v) is 3.52. The summed E-state index contributed by atoms with van der Waals surface area (Å²) < 4.78 is 0. The van der Waals surface area contributed by atoms with Crippen LogP contribution in [-0.4, -0.2) is 0 Å². The van der Waals surface area contributed by atoms with Crippen LogP contribution in [0.15, 0.2) is 12.1 Å². The molecule has 0 spiro atoms. The lowest BCUT2D eigenvalue weighted by atomic mass is 9.72. The number of hydrogen-bond acceptors (Lipinski definition) is 1. The normalized spacial score (nSPS) is 21.6. The summed E-state index contributed by atoms with van der Waals surface area (Å²) in [5.74, 6) is 0.870. The minimum Gasteiger partial charge on any atom is -0.324 e. The first-order valence-corrected chi connectivity index (χ1v) is 6.67. The molecular weight excluding hydrogens is 194 g/mol. The highest BCUT2D eigenvalue weighted by Gasteiger charge is 2.26. The quantitative estimate of drug-likeness (QED) is 0.762. The van der Waals surface area contributed by atoms with E-state index in [1.54, 1.807) is 16.7 Å². The van der Waals surface area contributed by atoms with Gasteiger partial charge < -0.3 is 5.73 Å². The van der Waals surface area contributed by atoms with Crippen molar-refractivity contribution in [1.82, 2.24) is 0 Å². The molecule has 0 amide bonds. The van der Waals surface area contributed by atoms with Gasteiger partial charge in [0.1, 0.15) is 0 Å². The number of nitrogens with two attached hydrogens (primary N) is 1. The Morgan fingerprint density at radius 2 is 1.69 bits per heavy atom. The molecule has 0 saturated heterocycles. The van der Waals surface area contributed by atoms with Gasteiger partial charge in [0.2, 0.25) is 0 Å². The Hall–Kier alpha value is -0.820. The third-order valence-corrected chi connectivity index (χ3v) is 4.31. The molecule has 1 nitrogen and oxygen atoms in total. The zero-order valence-electron chi connectivity index (χ0n) is 10.1. The minimum atomic E-state index is 0.184. The maximum absolute atomic E-state index is 6.02. The Balaban J connectivity index is 2.13. The molecule has 0 aromatic heterocycles. The van der Waals surface area contributed by atoms with Crippen LogP contribution < -0.4 is 5.73 Å². The second-order valence-corrected chi connectivity index (χ2v) is 5.52. The van der Waals surface area contributed by atoms with Gasteiger partial charge in [-0.1, -0.05) is 12.1 Å². The van der Waals surface area contributed by atoms with Crippen LogP contribution in [0.25, 0.3) is 0 Å². The number of hydrogen-bond donors (Lipinski definition) is 1. The summed E-state index contributed by atoms with van der Waals surface area (Å²) >= 11 is 0. The van der Waals surface area contributed by atoms with Crippen molar-refractivity contribution >= 4 is 0 Å². The van der Waals surface area contributed by atoms with Crippen LogP contribution in [0.5, 0.6) is 0 Å². The molecule has 1 atom stereocenters. The smallest absolute Gasteiger partial charge is 0.0266 e. The zero-order valence-corrected chi connectivity index (χ0v) is 10.1. The minimum absolute atomic E-state index is 0.184. The van der Waals surface area contributed by atoms with E-state index in [-0.39, 0.29) is 6.04 Å². The van der Waals surface area contributed by atoms with Gasteiger partial charge >= 0.3 is 0 Å². The molecule has 0 saturated carbocycles. The van der Waals surface area contributed by atoms with E-state index >= 15 is 0 Å². The molecule has 1 aromatic rings. The van der Waals surface area contributed by atoms with Crippen molar-refractivity contribution in [3.8, 4) is 0 Å². The van der Waals surface area contributed by atoms with Crippen LogP contribution in [0, 0.1) is 0 Å². The molecule has 1 aromatic carbocycles. The number of rotatable bonds is 1. The van der Waals surface area contributed by atoms with Crippen LogP contribution in [0.1, 0.15) is 66.8 Å². The van der Waals surface area contributed by atoms with Gasteiger partial charge in [0.15, 0.2) is 0 Å². The van der Waals surface area contributed by atoms with E-state index in [2.05, 4.69) is 19.1 Å². The van der Waals surface area contributed by atoms with Gasteiger partial charge in [-0.3, -0.25) is 0 Å². The largest absolute Gasteiger partial charge is 0.324 e. The molecule has 16 heavy (non-hydrogen) atoms. The van der Waals surface area contributed by atoms with E-state index < -0.39 is 0 Å². The lowest BCUT2D eigenvalue weighted by Gasteiger charge is -2.33.